The first-order chi connectivity index (χ1) is 9.12. The van der Waals surface area contributed by atoms with E-state index in [1.807, 2.05) is 6.92 Å². The fourth-order valence-corrected chi connectivity index (χ4v) is 2.62. The van der Waals surface area contributed by atoms with Gasteiger partial charge in [0, 0.05) is 44.1 Å². The van der Waals surface area contributed by atoms with Crippen molar-refractivity contribution < 1.29 is 4.74 Å². The summed E-state index contributed by atoms with van der Waals surface area (Å²) in [5, 5.41) is 3.64. The van der Waals surface area contributed by atoms with E-state index < -0.39 is 0 Å². The molecule has 0 saturated carbocycles. The minimum Gasteiger partial charge on any atom is -0.382 e. The molecule has 0 radical (unpaired) electrons. The molecule has 3 nitrogen and oxygen atoms in total. The molecule has 2 rings (SSSR count). The van der Waals surface area contributed by atoms with Crippen molar-refractivity contribution in [2.75, 3.05) is 31.2 Å². The SMILES string of the molecule is CCOCCCN1CC(C)(C)NCc2ccccc21. The average Bonchev–Trinajstić information content (AvgIpc) is 2.52. The fourth-order valence-electron chi connectivity index (χ4n) is 2.62. The third-order valence-electron chi connectivity index (χ3n) is 3.60. The molecular formula is C16H26N2O. The minimum atomic E-state index is 0.143. The van der Waals surface area contributed by atoms with Crippen LogP contribution < -0.4 is 10.2 Å². The summed E-state index contributed by atoms with van der Waals surface area (Å²) in [6.07, 6.45) is 1.08. The Hall–Kier alpha value is -1.06. The van der Waals surface area contributed by atoms with Crippen molar-refractivity contribution in [3.8, 4) is 0 Å². The van der Waals surface area contributed by atoms with Gasteiger partial charge < -0.3 is 15.0 Å². The number of ether oxygens (including phenoxy) is 1. The molecule has 0 bridgehead atoms. The predicted molar refractivity (Wildman–Crippen MR) is 80.7 cm³/mol. The lowest BCUT2D eigenvalue weighted by Gasteiger charge is -2.32. The van der Waals surface area contributed by atoms with Gasteiger partial charge in [0.25, 0.3) is 0 Å². The van der Waals surface area contributed by atoms with Crippen LogP contribution in [0.5, 0.6) is 0 Å². The Morgan fingerprint density at radius 2 is 2.11 bits per heavy atom. The van der Waals surface area contributed by atoms with Gasteiger partial charge in [0.2, 0.25) is 0 Å². The van der Waals surface area contributed by atoms with Gasteiger partial charge in [-0.25, -0.2) is 0 Å². The van der Waals surface area contributed by atoms with Gasteiger partial charge in [-0.05, 0) is 38.8 Å². The minimum absolute atomic E-state index is 0.143. The van der Waals surface area contributed by atoms with Gasteiger partial charge in [-0.3, -0.25) is 0 Å². The standard InChI is InChI=1S/C16H26N2O/c1-4-19-11-7-10-18-13-16(2,3)17-12-14-8-5-6-9-15(14)18/h5-6,8-9,17H,4,7,10-13H2,1-3H3. The monoisotopic (exact) mass is 262 g/mol. The van der Waals surface area contributed by atoms with Gasteiger partial charge in [-0.1, -0.05) is 18.2 Å². The second-order valence-electron chi connectivity index (χ2n) is 5.84. The summed E-state index contributed by atoms with van der Waals surface area (Å²) in [4.78, 5) is 2.49. The molecule has 1 aromatic rings. The topological polar surface area (TPSA) is 24.5 Å². The highest BCUT2D eigenvalue weighted by molar-refractivity contribution is 5.55. The highest BCUT2D eigenvalue weighted by Gasteiger charge is 2.26. The van der Waals surface area contributed by atoms with Crippen molar-refractivity contribution in [2.45, 2.75) is 39.3 Å². The van der Waals surface area contributed by atoms with Crippen LogP contribution in [0.2, 0.25) is 0 Å². The van der Waals surface area contributed by atoms with Crippen molar-refractivity contribution in [1.29, 1.82) is 0 Å². The lowest BCUT2D eigenvalue weighted by molar-refractivity contribution is 0.146. The Balaban J connectivity index is 2.09. The number of hydrogen-bond donors (Lipinski definition) is 1. The number of benzene rings is 1. The van der Waals surface area contributed by atoms with Crippen LogP contribution in [0.3, 0.4) is 0 Å². The highest BCUT2D eigenvalue weighted by atomic mass is 16.5. The third-order valence-corrected chi connectivity index (χ3v) is 3.60. The fraction of sp³-hybridized carbons (Fsp3) is 0.625. The Morgan fingerprint density at radius 3 is 2.89 bits per heavy atom. The lowest BCUT2D eigenvalue weighted by Crippen LogP contribution is -2.47. The van der Waals surface area contributed by atoms with Crippen molar-refractivity contribution in [2.24, 2.45) is 0 Å². The summed E-state index contributed by atoms with van der Waals surface area (Å²) in [7, 11) is 0. The van der Waals surface area contributed by atoms with Gasteiger partial charge >= 0.3 is 0 Å². The molecule has 1 aliphatic heterocycles. The molecule has 0 amide bonds. The number of nitrogens with one attached hydrogen (secondary N) is 1. The first-order valence-electron chi connectivity index (χ1n) is 7.28. The van der Waals surface area contributed by atoms with E-state index in [9.17, 15) is 0 Å². The van der Waals surface area contributed by atoms with E-state index in [1.54, 1.807) is 0 Å². The normalized spacial score (nSPS) is 17.9. The summed E-state index contributed by atoms with van der Waals surface area (Å²) >= 11 is 0. The molecule has 1 aromatic carbocycles. The number of hydrogen-bond acceptors (Lipinski definition) is 3. The Bertz CT molecular complexity index is 403. The van der Waals surface area contributed by atoms with Gasteiger partial charge in [0.05, 0.1) is 0 Å². The van der Waals surface area contributed by atoms with Gasteiger partial charge in [-0.15, -0.1) is 0 Å². The first-order valence-corrected chi connectivity index (χ1v) is 7.28. The molecule has 0 fully saturated rings. The summed E-state index contributed by atoms with van der Waals surface area (Å²) in [6, 6.07) is 8.71. The van der Waals surface area contributed by atoms with E-state index in [-0.39, 0.29) is 5.54 Å². The Labute approximate surface area is 116 Å². The molecule has 0 aliphatic carbocycles. The van der Waals surface area contributed by atoms with E-state index in [2.05, 4.69) is 48.3 Å². The van der Waals surface area contributed by atoms with E-state index in [4.69, 9.17) is 4.74 Å². The number of rotatable bonds is 5. The molecule has 3 heteroatoms. The van der Waals surface area contributed by atoms with Crippen LogP contribution in [0, 0.1) is 0 Å². The van der Waals surface area contributed by atoms with E-state index in [0.29, 0.717) is 0 Å². The molecule has 0 spiro atoms. The zero-order chi connectivity index (χ0) is 13.7. The summed E-state index contributed by atoms with van der Waals surface area (Å²) in [5.74, 6) is 0. The largest absolute Gasteiger partial charge is 0.382 e. The first kappa shape index (κ1) is 14.4. The van der Waals surface area contributed by atoms with Gasteiger partial charge in [0.1, 0.15) is 0 Å². The van der Waals surface area contributed by atoms with E-state index in [1.165, 1.54) is 11.3 Å². The molecule has 1 heterocycles. The zero-order valence-electron chi connectivity index (χ0n) is 12.4. The van der Waals surface area contributed by atoms with Crippen molar-refractivity contribution in [1.82, 2.24) is 5.32 Å². The zero-order valence-corrected chi connectivity index (χ0v) is 12.4. The third kappa shape index (κ3) is 3.95. The van der Waals surface area contributed by atoms with Crippen LogP contribution in [0.4, 0.5) is 5.69 Å². The maximum absolute atomic E-state index is 5.45. The van der Waals surface area contributed by atoms with E-state index in [0.717, 1.165) is 39.3 Å². The molecular weight excluding hydrogens is 236 g/mol. The second-order valence-corrected chi connectivity index (χ2v) is 5.84. The lowest BCUT2D eigenvalue weighted by atomic mass is 10.1. The Morgan fingerprint density at radius 1 is 1.32 bits per heavy atom. The molecule has 1 aliphatic rings. The Kier molecular flexibility index (Phi) is 4.83. The van der Waals surface area contributed by atoms with Crippen molar-refractivity contribution >= 4 is 5.69 Å². The molecule has 106 valence electrons. The number of anilines is 1. The van der Waals surface area contributed by atoms with Crippen LogP contribution in [0.1, 0.15) is 32.8 Å². The van der Waals surface area contributed by atoms with Crippen LogP contribution in [-0.2, 0) is 11.3 Å². The van der Waals surface area contributed by atoms with Crippen LogP contribution >= 0.6 is 0 Å². The molecule has 0 atom stereocenters. The van der Waals surface area contributed by atoms with Crippen molar-refractivity contribution in [3.05, 3.63) is 29.8 Å². The van der Waals surface area contributed by atoms with Crippen LogP contribution in [0.25, 0.3) is 0 Å². The molecule has 19 heavy (non-hydrogen) atoms. The predicted octanol–water partition coefficient (Wildman–Crippen LogP) is 2.80. The van der Waals surface area contributed by atoms with Gasteiger partial charge in [-0.2, -0.15) is 0 Å². The van der Waals surface area contributed by atoms with Crippen LogP contribution in [-0.4, -0.2) is 31.8 Å². The molecule has 0 aromatic heterocycles. The maximum atomic E-state index is 5.45. The highest BCUT2D eigenvalue weighted by Crippen LogP contribution is 2.26. The summed E-state index contributed by atoms with van der Waals surface area (Å²) < 4.78 is 5.45. The summed E-state index contributed by atoms with van der Waals surface area (Å²) in [6.45, 7) is 11.3. The molecule has 1 N–H and O–H groups in total. The number of nitrogens with zero attached hydrogens (tertiary/aromatic N) is 1. The molecule has 0 unspecified atom stereocenters. The van der Waals surface area contributed by atoms with Crippen LogP contribution in [0.15, 0.2) is 24.3 Å². The second kappa shape index (κ2) is 6.40. The smallest absolute Gasteiger partial charge is 0.0482 e. The average molecular weight is 262 g/mol. The quantitative estimate of drug-likeness (QED) is 0.826. The number of fused-ring (bicyclic) bond motifs is 1. The van der Waals surface area contributed by atoms with Crippen molar-refractivity contribution in [3.63, 3.8) is 0 Å². The number of para-hydroxylation sites is 1. The maximum Gasteiger partial charge on any atom is 0.0482 e. The van der Waals surface area contributed by atoms with Gasteiger partial charge in [0.15, 0.2) is 0 Å². The summed E-state index contributed by atoms with van der Waals surface area (Å²) in [5.41, 5.74) is 2.91. The van der Waals surface area contributed by atoms with E-state index >= 15 is 0 Å². The molecule has 0 saturated heterocycles.